The number of nitrogens with zero attached hydrogens (tertiary/aromatic N) is 4. The lowest BCUT2D eigenvalue weighted by Gasteiger charge is -2.08. The molecule has 5 nitrogen and oxygen atoms in total. The van der Waals surface area contributed by atoms with Crippen LogP contribution in [0.2, 0.25) is 0 Å². The van der Waals surface area contributed by atoms with Gasteiger partial charge in [0.05, 0.1) is 23.9 Å². The lowest BCUT2D eigenvalue weighted by atomic mass is 9.96. The van der Waals surface area contributed by atoms with E-state index < -0.39 is 0 Å². The van der Waals surface area contributed by atoms with Crippen LogP contribution in [0.1, 0.15) is 18.2 Å². The van der Waals surface area contributed by atoms with E-state index in [1.165, 1.54) is 5.69 Å². The Kier molecular flexibility index (Phi) is 3.53. The number of pyridine rings is 2. The minimum atomic E-state index is 0.0364. The fraction of sp³-hybridized carbons (Fsp3) is 0.190. The van der Waals surface area contributed by atoms with Crippen molar-refractivity contribution in [3.63, 3.8) is 0 Å². The van der Waals surface area contributed by atoms with Crippen LogP contribution in [0.25, 0.3) is 33.4 Å². The summed E-state index contributed by atoms with van der Waals surface area (Å²) in [5.74, 6) is 0. The summed E-state index contributed by atoms with van der Waals surface area (Å²) in [4.78, 5) is 9.02. The molecule has 0 saturated heterocycles. The van der Waals surface area contributed by atoms with Crippen molar-refractivity contribution in [2.24, 2.45) is 0 Å². The zero-order chi connectivity index (χ0) is 17.5. The molecule has 1 aliphatic heterocycles. The SMILES string of the molecule is OCC1CCc2c(-c3ccnc4ccccc34)c(-c3ccccn3)nn21. The van der Waals surface area contributed by atoms with Crippen molar-refractivity contribution in [2.45, 2.75) is 18.9 Å². The molecule has 5 heteroatoms. The second-order valence-corrected chi connectivity index (χ2v) is 6.58. The van der Waals surface area contributed by atoms with Crippen LogP contribution in [0.4, 0.5) is 0 Å². The van der Waals surface area contributed by atoms with E-state index in [-0.39, 0.29) is 12.6 Å². The molecule has 3 aromatic heterocycles. The second kappa shape index (κ2) is 6.04. The Hall–Kier alpha value is -3.05. The Bertz CT molecular complexity index is 1080. The number of hydrogen-bond acceptors (Lipinski definition) is 4. The van der Waals surface area contributed by atoms with Crippen molar-refractivity contribution < 1.29 is 5.11 Å². The number of benzene rings is 1. The zero-order valence-electron chi connectivity index (χ0n) is 14.2. The van der Waals surface area contributed by atoms with Crippen LogP contribution < -0.4 is 0 Å². The highest BCUT2D eigenvalue weighted by atomic mass is 16.3. The Labute approximate surface area is 151 Å². The third-order valence-electron chi connectivity index (χ3n) is 5.11. The first-order valence-corrected chi connectivity index (χ1v) is 8.84. The minimum absolute atomic E-state index is 0.0364. The highest BCUT2D eigenvalue weighted by Crippen LogP contribution is 2.41. The Morgan fingerprint density at radius 1 is 1.00 bits per heavy atom. The van der Waals surface area contributed by atoms with Gasteiger partial charge >= 0.3 is 0 Å². The van der Waals surface area contributed by atoms with E-state index in [2.05, 4.69) is 22.1 Å². The van der Waals surface area contributed by atoms with Crippen LogP contribution in [0.15, 0.2) is 60.9 Å². The quantitative estimate of drug-likeness (QED) is 0.617. The molecule has 0 aliphatic carbocycles. The Morgan fingerprint density at radius 3 is 2.73 bits per heavy atom. The van der Waals surface area contributed by atoms with Crippen molar-refractivity contribution in [1.82, 2.24) is 19.7 Å². The van der Waals surface area contributed by atoms with Gasteiger partial charge in [-0.1, -0.05) is 24.3 Å². The number of rotatable bonds is 3. The summed E-state index contributed by atoms with van der Waals surface area (Å²) in [5.41, 5.74) is 6.08. The lowest BCUT2D eigenvalue weighted by Crippen LogP contribution is -2.09. The molecule has 0 amide bonds. The Morgan fingerprint density at radius 2 is 1.88 bits per heavy atom. The van der Waals surface area contributed by atoms with Gasteiger partial charge in [-0.3, -0.25) is 14.6 Å². The third kappa shape index (κ3) is 2.24. The highest BCUT2D eigenvalue weighted by Gasteiger charge is 2.30. The number of aliphatic hydroxyl groups is 1. The minimum Gasteiger partial charge on any atom is -0.394 e. The lowest BCUT2D eigenvalue weighted by molar-refractivity contribution is 0.224. The third-order valence-corrected chi connectivity index (χ3v) is 5.11. The van der Waals surface area contributed by atoms with Gasteiger partial charge in [0.25, 0.3) is 0 Å². The van der Waals surface area contributed by atoms with Crippen molar-refractivity contribution in [3.05, 3.63) is 66.6 Å². The molecule has 1 atom stereocenters. The molecule has 1 unspecified atom stereocenters. The molecule has 4 heterocycles. The molecule has 0 radical (unpaired) electrons. The molecule has 1 aromatic carbocycles. The van der Waals surface area contributed by atoms with E-state index in [0.717, 1.165) is 46.3 Å². The van der Waals surface area contributed by atoms with Crippen LogP contribution in [0, 0.1) is 0 Å². The van der Waals surface area contributed by atoms with Gasteiger partial charge in [-0.05, 0) is 42.7 Å². The van der Waals surface area contributed by atoms with Crippen molar-refractivity contribution in [3.8, 4) is 22.5 Å². The Balaban J connectivity index is 1.83. The summed E-state index contributed by atoms with van der Waals surface area (Å²) in [6.07, 6.45) is 5.45. The molecule has 128 valence electrons. The fourth-order valence-corrected chi connectivity index (χ4v) is 3.88. The van der Waals surface area contributed by atoms with Gasteiger partial charge in [0.1, 0.15) is 5.69 Å². The molecule has 5 rings (SSSR count). The van der Waals surface area contributed by atoms with Crippen LogP contribution in [-0.4, -0.2) is 31.5 Å². The first-order valence-electron chi connectivity index (χ1n) is 8.84. The van der Waals surface area contributed by atoms with Gasteiger partial charge in [0.15, 0.2) is 0 Å². The number of para-hydroxylation sites is 1. The van der Waals surface area contributed by atoms with Crippen molar-refractivity contribution in [2.75, 3.05) is 6.61 Å². The predicted octanol–water partition coefficient (Wildman–Crippen LogP) is 3.64. The van der Waals surface area contributed by atoms with Gasteiger partial charge in [-0.15, -0.1) is 0 Å². The maximum absolute atomic E-state index is 9.74. The summed E-state index contributed by atoms with van der Waals surface area (Å²) in [6.45, 7) is 0.104. The zero-order valence-corrected chi connectivity index (χ0v) is 14.2. The molecule has 26 heavy (non-hydrogen) atoms. The largest absolute Gasteiger partial charge is 0.394 e. The standard InChI is InChI=1S/C21H18N4O/c26-13-14-8-9-19-20(16-10-12-23-17-6-2-1-5-15(16)17)21(24-25(14)19)18-7-3-4-11-22-18/h1-7,10-12,14,26H,8-9,13H2. The predicted molar refractivity (Wildman–Crippen MR) is 101 cm³/mol. The topological polar surface area (TPSA) is 63.8 Å². The smallest absolute Gasteiger partial charge is 0.119 e. The number of fused-ring (bicyclic) bond motifs is 2. The average molecular weight is 342 g/mol. The number of hydrogen-bond donors (Lipinski definition) is 1. The van der Waals surface area contributed by atoms with Crippen LogP contribution in [0.3, 0.4) is 0 Å². The monoisotopic (exact) mass is 342 g/mol. The fourth-order valence-electron chi connectivity index (χ4n) is 3.88. The van der Waals surface area contributed by atoms with Gasteiger partial charge in [0, 0.05) is 29.0 Å². The second-order valence-electron chi connectivity index (χ2n) is 6.58. The first-order chi connectivity index (χ1) is 12.9. The van der Waals surface area contributed by atoms with Gasteiger partial charge < -0.3 is 5.11 Å². The molecule has 0 bridgehead atoms. The molecular formula is C21H18N4O. The van der Waals surface area contributed by atoms with Crippen LogP contribution in [-0.2, 0) is 6.42 Å². The van der Waals surface area contributed by atoms with Gasteiger partial charge in [0.2, 0.25) is 0 Å². The van der Waals surface area contributed by atoms with E-state index in [9.17, 15) is 5.11 Å². The van der Waals surface area contributed by atoms with E-state index in [1.54, 1.807) is 6.20 Å². The van der Waals surface area contributed by atoms with Crippen LogP contribution >= 0.6 is 0 Å². The average Bonchev–Trinajstić information content (AvgIpc) is 3.27. The highest BCUT2D eigenvalue weighted by molar-refractivity contribution is 5.98. The molecule has 1 aliphatic rings. The summed E-state index contributed by atoms with van der Waals surface area (Å²) < 4.78 is 1.99. The normalized spacial score (nSPS) is 16.1. The molecule has 1 N–H and O–H groups in total. The van der Waals surface area contributed by atoms with E-state index in [4.69, 9.17) is 5.10 Å². The molecular weight excluding hydrogens is 324 g/mol. The van der Waals surface area contributed by atoms with E-state index in [1.807, 2.05) is 47.3 Å². The van der Waals surface area contributed by atoms with E-state index in [0.29, 0.717) is 0 Å². The van der Waals surface area contributed by atoms with E-state index >= 15 is 0 Å². The molecule has 4 aromatic rings. The summed E-state index contributed by atoms with van der Waals surface area (Å²) in [5, 5.41) is 15.7. The maximum atomic E-state index is 9.74. The van der Waals surface area contributed by atoms with Crippen molar-refractivity contribution >= 4 is 10.9 Å². The van der Waals surface area contributed by atoms with Gasteiger partial charge in [-0.25, -0.2) is 0 Å². The first kappa shape index (κ1) is 15.2. The van der Waals surface area contributed by atoms with Crippen LogP contribution in [0.5, 0.6) is 0 Å². The molecule has 0 spiro atoms. The number of aliphatic hydroxyl groups excluding tert-OH is 1. The summed E-state index contributed by atoms with van der Waals surface area (Å²) in [6, 6.07) is 16.1. The molecule has 0 saturated carbocycles. The summed E-state index contributed by atoms with van der Waals surface area (Å²) in [7, 11) is 0. The summed E-state index contributed by atoms with van der Waals surface area (Å²) >= 11 is 0. The van der Waals surface area contributed by atoms with Crippen molar-refractivity contribution in [1.29, 1.82) is 0 Å². The maximum Gasteiger partial charge on any atom is 0.119 e. The number of aromatic nitrogens is 4. The molecule has 0 fully saturated rings. The van der Waals surface area contributed by atoms with Gasteiger partial charge in [-0.2, -0.15) is 5.10 Å².